The van der Waals surface area contributed by atoms with Crippen molar-refractivity contribution in [2.75, 3.05) is 19.0 Å². The van der Waals surface area contributed by atoms with E-state index in [1.165, 1.54) is 7.11 Å². The fourth-order valence-corrected chi connectivity index (χ4v) is 2.11. The summed E-state index contributed by atoms with van der Waals surface area (Å²) in [6, 6.07) is 5.50. The van der Waals surface area contributed by atoms with E-state index in [-0.39, 0.29) is 5.91 Å². The van der Waals surface area contributed by atoms with Gasteiger partial charge in [-0.15, -0.1) is 0 Å². The molecule has 0 aliphatic carbocycles. The molecule has 102 valence electrons. The maximum Gasteiger partial charge on any atom is 0.330 e. The first kappa shape index (κ1) is 13.4. The summed E-state index contributed by atoms with van der Waals surface area (Å²) in [4.78, 5) is 23.7. The van der Waals surface area contributed by atoms with E-state index in [2.05, 4.69) is 15.4 Å². The van der Waals surface area contributed by atoms with E-state index in [4.69, 9.17) is 0 Å². The molecule has 0 atom stereocenters. The summed E-state index contributed by atoms with van der Waals surface area (Å²) in [6.45, 7) is 4.13. The number of benzene rings is 1. The molecule has 0 bridgehead atoms. The van der Waals surface area contributed by atoms with E-state index < -0.39 is 11.5 Å². The second-order valence-corrected chi connectivity index (χ2v) is 5.12. The van der Waals surface area contributed by atoms with E-state index in [1.807, 2.05) is 12.1 Å². The van der Waals surface area contributed by atoms with Crippen LogP contribution in [0.2, 0.25) is 0 Å². The van der Waals surface area contributed by atoms with Gasteiger partial charge in [0.05, 0.1) is 7.11 Å². The third kappa shape index (κ3) is 2.70. The van der Waals surface area contributed by atoms with Crippen molar-refractivity contribution in [1.29, 1.82) is 0 Å². The van der Waals surface area contributed by atoms with Crippen LogP contribution in [0.1, 0.15) is 29.8 Å². The second kappa shape index (κ2) is 4.91. The first-order valence-electron chi connectivity index (χ1n) is 6.22. The number of hydrogen-bond acceptors (Lipinski definition) is 4. The molecule has 0 saturated carbocycles. The highest BCUT2D eigenvalue weighted by Crippen LogP contribution is 2.23. The number of rotatable bonds is 3. The number of esters is 1. The number of carbonyl (C=O) groups excluding carboxylic acids is 2. The van der Waals surface area contributed by atoms with Crippen LogP contribution in [0.3, 0.4) is 0 Å². The monoisotopic (exact) mass is 262 g/mol. The molecule has 1 aromatic rings. The van der Waals surface area contributed by atoms with Gasteiger partial charge in [0, 0.05) is 17.8 Å². The Hall–Kier alpha value is -2.04. The molecular weight excluding hydrogens is 244 g/mol. The van der Waals surface area contributed by atoms with Gasteiger partial charge in [-0.2, -0.15) is 0 Å². The minimum atomic E-state index is -1.04. The lowest BCUT2D eigenvalue weighted by molar-refractivity contribution is -0.146. The quantitative estimate of drug-likeness (QED) is 0.807. The summed E-state index contributed by atoms with van der Waals surface area (Å²) in [5.41, 5.74) is 1.72. The van der Waals surface area contributed by atoms with Gasteiger partial charge in [0.1, 0.15) is 5.54 Å². The number of fused-ring (bicyclic) bond motifs is 1. The summed E-state index contributed by atoms with van der Waals surface area (Å²) >= 11 is 0. The number of nitrogens with one attached hydrogen (secondary N) is 2. The molecule has 0 aromatic heterocycles. The van der Waals surface area contributed by atoms with Gasteiger partial charge >= 0.3 is 5.97 Å². The smallest absolute Gasteiger partial charge is 0.330 e. The summed E-state index contributed by atoms with van der Waals surface area (Å²) in [5, 5.41) is 5.92. The van der Waals surface area contributed by atoms with Gasteiger partial charge in [-0.3, -0.25) is 4.79 Å². The molecular formula is C14H18N2O3. The molecule has 1 aromatic carbocycles. The number of ether oxygens (including phenoxy) is 1. The molecule has 0 fully saturated rings. The fraction of sp³-hybridized carbons (Fsp3) is 0.429. The molecule has 5 heteroatoms. The van der Waals surface area contributed by atoms with E-state index in [1.54, 1.807) is 19.9 Å². The molecule has 2 rings (SSSR count). The van der Waals surface area contributed by atoms with Crippen LogP contribution >= 0.6 is 0 Å². The number of methoxy groups -OCH3 is 1. The third-order valence-electron chi connectivity index (χ3n) is 3.20. The van der Waals surface area contributed by atoms with Crippen molar-refractivity contribution in [2.24, 2.45) is 0 Å². The van der Waals surface area contributed by atoms with Gasteiger partial charge in [0.25, 0.3) is 5.91 Å². The Kier molecular flexibility index (Phi) is 3.46. The van der Waals surface area contributed by atoms with E-state index in [0.717, 1.165) is 24.2 Å². The first-order valence-corrected chi connectivity index (χ1v) is 6.22. The van der Waals surface area contributed by atoms with Gasteiger partial charge in [0.2, 0.25) is 0 Å². The number of carbonyl (C=O) groups is 2. The average Bonchev–Trinajstić information content (AvgIpc) is 2.84. The highest BCUT2D eigenvalue weighted by molar-refractivity contribution is 5.98. The molecule has 19 heavy (non-hydrogen) atoms. The second-order valence-electron chi connectivity index (χ2n) is 5.12. The van der Waals surface area contributed by atoms with Crippen LogP contribution in [-0.4, -0.2) is 31.1 Å². The first-order chi connectivity index (χ1) is 8.94. The van der Waals surface area contributed by atoms with Crippen LogP contribution in [0, 0.1) is 0 Å². The van der Waals surface area contributed by atoms with Crippen molar-refractivity contribution < 1.29 is 14.3 Å². The van der Waals surface area contributed by atoms with E-state index in [0.29, 0.717) is 5.56 Å². The van der Waals surface area contributed by atoms with E-state index >= 15 is 0 Å². The lowest BCUT2D eigenvalue weighted by Crippen LogP contribution is -2.50. The summed E-state index contributed by atoms with van der Waals surface area (Å²) in [5.74, 6) is -0.742. The Morgan fingerprint density at radius 3 is 2.79 bits per heavy atom. The summed E-state index contributed by atoms with van der Waals surface area (Å²) < 4.78 is 4.66. The SMILES string of the molecule is COC(=O)C(C)(C)NC(=O)c1ccc2c(c1)CCN2. The highest BCUT2D eigenvalue weighted by atomic mass is 16.5. The van der Waals surface area contributed by atoms with E-state index in [9.17, 15) is 9.59 Å². The molecule has 5 nitrogen and oxygen atoms in total. The molecule has 0 unspecified atom stereocenters. The normalized spacial score (nSPS) is 13.4. The number of amides is 1. The van der Waals surface area contributed by atoms with Crippen LogP contribution in [0.25, 0.3) is 0 Å². The maximum atomic E-state index is 12.1. The van der Waals surface area contributed by atoms with Crippen molar-refractivity contribution in [3.05, 3.63) is 29.3 Å². The Morgan fingerprint density at radius 2 is 2.11 bits per heavy atom. The minimum Gasteiger partial charge on any atom is -0.467 e. The number of anilines is 1. The summed E-state index contributed by atoms with van der Waals surface area (Å²) in [7, 11) is 1.30. The molecule has 1 aliphatic rings. The zero-order valence-corrected chi connectivity index (χ0v) is 11.4. The maximum absolute atomic E-state index is 12.1. The molecule has 1 heterocycles. The molecule has 0 spiro atoms. The average molecular weight is 262 g/mol. The lowest BCUT2D eigenvalue weighted by atomic mass is 10.0. The van der Waals surface area contributed by atoms with Crippen molar-refractivity contribution in [1.82, 2.24) is 5.32 Å². The van der Waals surface area contributed by atoms with Crippen molar-refractivity contribution in [3.8, 4) is 0 Å². The van der Waals surface area contributed by atoms with Gasteiger partial charge in [-0.1, -0.05) is 0 Å². The zero-order valence-electron chi connectivity index (χ0n) is 11.4. The van der Waals surface area contributed by atoms with Crippen LogP contribution in [0.4, 0.5) is 5.69 Å². The van der Waals surface area contributed by atoms with Crippen LogP contribution in [-0.2, 0) is 16.0 Å². The van der Waals surface area contributed by atoms with Gasteiger partial charge in [-0.05, 0) is 44.0 Å². The Balaban J connectivity index is 2.14. The Labute approximate surface area is 112 Å². The van der Waals surface area contributed by atoms with Crippen LogP contribution < -0.4 is 10.6 Å². The predicted molar refractivity (Wildman–Crippen MR) is 72.2 cm³/mol. The van der Waals surface area contributed by atoms with Crippen molar-refractivity contribution in [2.45, 2.75) is 25.8 Å². The largest absolute Gasteiger partial charge is 0.467 e. The van der Waals surface area contributed by atoms with Crippen molar-refractivity contribution >= 4 is 17.6 Å². The topological polar surface area (TPSA) is 67.4 Å². The van der Waals surface area contributed by atoms with Gasteiger partial charge in [0.15, 0.2) is 0 Å². The van der Waals surface area contributed by atoms with Crippen molar-refractivity contribution in [3.63, 3.8) is 0 Å². The zero-order chi connectivity index (χ0) is 14.0. The Morgan fingerprint density at radius 1 is 1.37 bits per heavy atom. The predicted octanol–water partition coefficient (Wildman–Crippen LogP) is 1.34. The van der Waals surface area contributed by atoms with Gasteiger partial charge < -0.3 is 15.4 Å². The molecule has 2 N–H and O–H groups in total. The number of hydrogen-bond donors (Lipinski definition) is 2. The lowest BCUT2D eigenvalue weighted by Gasteiger charge is -2.23. The summed E-state index contributed by atoms with van der Waals surface area (Å²) in [6.07, 6.45) is 0.914. The molecule has 0 radical (unpaired) electrons. The van der Waals surface area contributed by atoms with Gasteiger partial charge in [-0.25, -0.2) is 4.79 Å². The Bertz CT molecular complexity index is 523. The van der Waals surface area contributed by atoms with Crippen LogP contribution in [0.15, 0.2) is 18.2 Å². The molecule has 1 amide bonds. The van der Waals surface area contributed by atoms with Crippen LogP contribution in [0.5, 0.6) is 0 Å². The molecule has 0 saturated heterocycles. The fourth-order valence-electron chi connectivity index (χ4n) is 2.11. The highest BCUT2D eigenvalue weighted by Gasteiger charge is 2.31. The minimum absolute atomic E-state index is 0.273. The molecule has 1 aliphatic heterocycles. The third-order valence-corrected chi connectivity index (χ3v) is 3.20. The standard InChI is InChI=1S/C14H18N2O3/c1-14(2,13(18)19-3)16-12(17)10-4-5-11-9(8-10)6-7-15-11/h4-5,8,15H,6-7H2,1-3H3,(H,16,17).